The maximum Gasteiger partial charge on any atom is 0.422 e. The summed E-state index contributed by atoms with van der Waals surface area (Å²) in [7, 11) is -4.61. The highest BCUT2D eigenvalue weighted by molar-refractivity contribution is 7.84. The molecule has 0 spiro atoms. The summed E-state index contributed by atoms with van der Waals surface area (Å²) < 4.78 is 27.9. The van der Waals surface area contributed by atoms with E-state index < -0.39 is 18.9 Å². The molecule has 0 saturated carbocycles. The molecule has 0 atom stereocenters. The molecule has 7 nitrogen and oxygen atoms in total. The molecule has 0 unspecified atom stereocenters. The van der Waals surface area contributed by atoms with E-state index in [1.807, 2.05) is 0 Å². The summed E-state index contributed by atoms with van der Waals surface area (Å²) >= 11 is 22.1. The molecule has 0 amide bonds. The van der Waals surface area contributed by atoms with Crippen molar-refractivity contribution in [1.29, 1.82) is 0 Å². The molecule has 0 aromatic carbocycles. The Labute approximate surface area is 178 Å². The monoisotopic (exact) mass is 476 g/mol. The Hall–Kier alpha value is -0.480. The lowest BCUT2D eigenvalue weighted by Gasteiger charge is -2.21. The maximum absolute atomic E-state index is 13.3. The van der Waals surface area contributed by atoms with E-state index in [-0.39, 0.29) is 45.2 Å². The van der Waals surface area contributed by atoms with Gasteiger partial charge in [0.05, 0.1) is 39.6 Å². The first-order chi connectivity index (χ1) is 12.6. The van der Waals surface area contributed by atoms with Crippen molar-refractivity contribution < 1.29 is 33.2 Å². The van der Waals surface area contributed by atoms with Crippen molar-refractivity contribution in [1.82, 2.24) is 0 Å². The number of carbonyl (C=O) groups excluding carboxylic acids is 1. The molecular formula is C15H19Cl2O7PS2. The van der Waals surface area contributed by atoms with Gasteiger partial charge in [-0.3, -0.25) is 0 Å². The topological polar surface area (TPSA) is 80.3 Å². The second-order valence-electron chi connectivity index (χ2n) is 4.37. The first-order valence-electron chi connectivity index (χ1n) is 7.49. The molecule has 0 heterocycles. The minimum atomic E-state index is -4.61. The van der Waals surface area contributed by atoms with Crippen molar-refractivity contribution in [2.24, 2.45) is 0 Å². The van der Waals surface area contributed by atoms with Crippen LogP contribution in [0.3, 0.4) is 0 Å². The van der Waals surface area contributed by atoms with E-state index in [9.17, 15) is 9.36 Å². The normalized spacial score (nSPS) is 10.9. The fourth-order valence-electron chi connectivity index (χ4n) is 1.47. The van der Waals surface area contributed by atoms with Crippen LogP contribution in [-0.2, 0) is 33.2 Å². The molecule has 12 heteroatoms. The standard InChI is InChI=1S/C15H19Cl2O7PS2/c1-6-20-15(18)12(25(19,23-21-7-2)24-22-8-3)11(13(26)9(4)16)14(27)10(5)17/h4-8H2,1-3H3. The lowest BCUT2D eigenvalue weighted by Crippen LogP contribution is -2.21. The SMILES string of the molecule is C=C(Cl)C(=S)C(C(=S)C(=C)Cl)=C(C(=O)OCC)P(=O)(OOCC)OOCC. The Morgan fingerprint density at radius 2 is 1.33 bits per heavy atom. The van der Waals surface area contributed by atoms with E-state index in [4.69, 9.17) is 71.5 Å². The zero-order valence-electron chi connectivity index (χ0n) is 14.9. The van der Waals surface area contributed by atoms with E-state index in [1.165, 1.54) is 6.92 Å². The summed E-state index contributed by atoms with van der Waals surface area (Å²) in [6.07, 6.45) is 0. The van der Waals surface area contributed by atoms with Gasteiger partial charge in [0.1, 0.15) is 0 Å². The number of carbonyl (C=O) groups is 1. The highest BCUT2D eigenvalue weighted by atomic mass is 35.5. The fourth-order valence-corrected chi connectivity index (χ4v) is 3.73. The van der Waals surface area contributed by atoms with E-state index in [1.54, 1.807) is 13.8 Å². The Balaban J connectivity index is 6.92. The number of thiocarbonyl (C=S) groups is 2. The molecule has 152 valence electrons. The van der Waals surface area contributed by atoms with Crippen LogP contribution < -0.4 is 0 Å². The molecule has 0 aliphatic heterocycles. The number of ether oxygens (including phenoxy) is 1. The van der Waals surface area contributed by atoms with Gasteiger partial charge in [-0.15, -0.1) is 9.35 Å². The van der Waals surface area contributed by atoms with Crippen LogP contribution in [0.5, 0.6) is 0 Å². The van der Waals surface area contributed by atoms with E-state index in [0.29, 0.717) is 0 Å². The molecule has 0 bridgehead atoms. The van der Waals surface area contributed by atoms with Crippen LogP contribution in [0.25, 0.3) is 0 Å². The third-order valence-electron chi connectivity index (χ3n) is 2.46. The first-order valence-corrected chi connectivity index (χ1v) is 10.6. The third kappa shape index (κ3) is 7.81. The number of esters is 1. The zero-order valence-corrected chi connectivity index (χ0v) is 19.0. The molecule has 0 rings (SSSR count). The van der Waals surface area contributed by atoms with E-state index in [2.05, 4.69) is 13.2 Å². The summed E-state index contributed by atoms with van der Waals surface area (Å²) in [4.78, 5) is 21.6. The molecule has 0 fully saturated rings. The number of rotatable bonds is 13. The minimum absolute atomic E-state index is 0.0236. The summed E-state index contributed by atoms with van der Waals surface area (Å²) in [5.74, 6) is -1.12. The van der Waals surface area contributed by atoms with Crippen molar-refractivity contribution in [2.75, 3.05) is 19.8 Å². The Kier molecular flexibility index (Phi) is 12.6. The van der Waals surface area contributed by atoms with Crippen molar-refractivity contribution in [3.8, 4) is 0 Å². The molecule has 0 aromatic rings. The van der Waals surface area contributed by atoms with Crippen LogP contribution in [-0.4, -0.2) is 35.5 Å². The van der Waals surface area contributed by atoms with Gasteiger partial charge in [0.15, 0.2) is 5.31 Å². The van der Waals surface area contributed by atoms with Gasteiger partial charge in [0, 0.05) is 5.57 Å². The molecule has 0 saturated heterocycles. The second kappa shape index (κ2) is 12.9. The average molecular weight is 477 g/mol. The largest absolute Gasteiger partial charge is 0.462 e. The molecule has 0 aliphatic rings. The van der Waals surface area contributed by atoms with Crippen molar-refractivity contribution in [3.05, 3.63) is 34.1 Å². The maximum atomic E-state index is 13.3. The molecule has 0 N–H and O–H groups in total. The van der Waals surface area contributed by atoms with Gasteiger partial charge in [-0.1, -0.05) is 60.8 Å². The number of halogens is 2. The lowest BCUT2D eigenvalue weighted by atomic mass is 10.1. The number of hydrogen-bond donors (Lipinski definition) is 0. The van der Waals surface area contributed by atoms with E-state index in [0.717, 1.165) is 0 Å². The quantitative estimate of drug-likeness (QED) is 0.0891. The molecule has 0 aromatic heterocycles. The van der Waals surface area contributed by atoms with Crippen LogP contribution in [0.2, 0.25) is 0 Å². The van der Waals surface area contributed by atoms with Crippen molar-refractivity contribution in [2.45, 2.75) is 20.8 Å². The van der Waals surface area contributed by atoms with E-state index >= 15 is 0 Å². The average Bonchev–Trinajstić information content (AvgIpc) is 2.61. The van der Waals surface area contributed by atoms with Gasteiger partial charge < -0.3 is 4.74 Å². The van der Waals surface area contributed by atoms with Gasteiger partial charge in [0.25, 0.3) is 0 Å². The third-order valence-corrected chi connectivity index (χ3v) is 5.52. The smallest absolute Gasteiger partial charge is 0.422 e. The van der Waals surface area contributed by atoms with Gasteiger partial charge in [0.2, 0.25) is 0 Å². The summed E-state index contributed by atoms with van der Waals surface area (Å²) in [6, 6.07) is 0. The zero-order chi connectivity index (χ0) is 21.2. The fraction of sp³-hybridized carbons (Fsp3) is 0.400. The highest BCUT2D eigenvalue weighted by Crippen LogP contribution is 2.58. The van der Waals surface area contributed by atoms with Crippen LogP contribution >= 0.6 is 55.2 Å². The minimum Gasteiger partial charge on any atom is -0.462 e. The van der Waals surface area contributed by atoms with Crippen LogP contribution in [0, 0.1) is 0 Å². The van der Waals surface area contributed by atoms with Gasteiger partial charge in [-0.25, -0.2) is 19.1 Å². The summed E-state index contributed by atoms with van der Waals surface area (Å²) in [5.41, 5.74) is -0.318. The van der Waals surface area contributed by atoms with Gasteiger partial charge in [-0.05, 0) is 20.8 Å². The lowest BCUT2D eigenvalue weighted by molar-refractivity contribution is -0.261. The molecule has 0 radical (unpaired) electrons. The van der Waals surface area contributed by atoms with Gasteiger partial charge in [-0.2, -0.15) is 0 Å². The summed E-state index contributed by atoms with van der Waals surface area (Å²) in [6.45, 7) is 11.5. The van der Waals surface area contributed by atoms with Crippen molar-refractivity contribution >= 4 is 70.9 Å². The second-order valence-corrected chi connectivity index (χ2v) is 7.84. The highest BCUT2D eigenvalue weighted by Gasteiger charge is 2.44. The number of hydrogen-bond acceptors (Lipinski definition) is 9. The molecule has 0 aliphatic carbocycles. The van der Waals surface area contributed by atoms with Crippen molar-refractivity contribution in [3.63, 3.8) is 0 Å². The predicted molar refractivity (Wildman–Crippen MR) is 112 cm³/mol. The van der Waals surface area contributed by atoms with Gasteiger partial charge >= 0.3 is 13.6 Å². The summed E-state index contributed by atoms with van der Waals surface area (Å²) in [5, 5.41) is -1.06. The molecular weight excluding hydrogens is 458 g/mol. The van der Waals surface area contributed by atoms with Crippen LogP contribution in [0.15, 0.2) is 34.1 Å². The van der Waals surface area contributed by atoms with Crippen LogP contribution in [0.1, 0.15) is 20.8 Å². The predicted octanol–water partition coefficient (Wildman–Crippen LogP) is 5.18. The Morgan fingerprint density at radius 3 is 1.63 bits per heavy atom. The molecule has 27 heavy (non-hydrogen) atoms. The Bertz CT molecular complexity index is 666. The van der Waals surface area contributed by atoms with Crippen LogP contribution in [0.4, 0.5) is 0 Å². The first kappa shape index (κ1) is 26.5. The number of allylic oxidation sites excluding steroid dienone is 3. The Morgan fingerprint density at radius 1 is 0.926 bits per heavy atom.